The molecule has 0 radical (unpaired) electrons. The molecule has 2 heterocycles. The number of aryl methyl sites for hydroxylation is 1. The highest BCUT2D eigenvalue weighted by molar-refractivity contribution is 6.31. The number of amides is 2. The molecule has 47 heavy (non-hydrogen) atoms. The van der Waals surface area contributed by atoms with E-state index >= 15 is 4.39 Å². The first-order chi connectivity index (χ1) is 22.4. The lowest BCUT2D eigenvalue weighted by Crippen LogP contribution is -2.56. The summed E-state index contributed by atoms with van der Waals surface area (Å²) in [6.45, 7) is 3.78. The lowest BCUT2D eigenvalue weighted by atomic mass is 9.72. The molecule has 4 atom stereocenters. The monoisotopic (exact) mass is 682 g/mol. The Morgan fingerprint density at radius 2 is 1.85 bits per heavy atom. The molecule has 0 spiro atoms. The van der Waals surface area contributed by atoms with Crippen LogP contribution in [0.15, 0.2) is 54.6 Å². The van der Waals surface area contributed by atoms with Crippen LogP contribution in [-0.2, 0) is 14.3 Å². The Morgan fingerprint density at radius 1 is 1.13 bits per heavy atom. The summed E-state index contributed by atoms with van der Waals surface area (Å²) in [5.74, 6) is -4.16. The standard InChI is InChI=1S/C34H33Cl2FN4O6/c1-18-14-20(32(43)47-3)15-26(30(18)41(45)46)39-13-12-25-27(31(39)42)28(23-8-5-9-24(36)29(23)37)34(2,40(25)17-19-10-11-19)33(44)38-22-7-4-6-21(35)16-22/h4-9,14-16,19,25,27-28H,10-13,17H2,1-3H3,(H,38,44)/t25-,27+,28-,34+/m0/s1. The van der Waals surface area contributed by atoms with Gasteiger partial charge in [0, 0.05) is 41.3 Å². The molecule has 0 unspecified atom stereocenters. The van der Waals surface area contributed by atoms with Crippen molar-refractivity contribution in [3.8, 4) is 0 Å². The molecule has 6 rings (SSSR count). The number of rotatable bonds is 8. The summed E-state index contributed by atoms with van der Waals surface area (Å²) in [6.07, 6.45) is 2.25. The highest BCUT2D eigenvalue weighted by Crippen LogP contribution is 2.55. The Bertz CT molecular complexity index is 1800. The lowest BCUT2D eigenvalue weighted by molar-refractivity contribution is -0.384. The van der Waals surface area contributed by atoms with Crippen molar-refractivity contribution in [1.29, 1.82) is 0 Å². The van der Waals surface area contributed by atoms with E-state index in [1.807, 2.05) is 4.90 Å². The van der Waals surface area contributed by atoms with Gasteiger partial charge in [-0.2, -0.15) is 0 Å². The first kappa shape index (κ1) is 32.9. The second-order valence-electron chi connectivity index (χ2n) is 12.6. The lowest BCUT2D eigenvalue weighted by Gasteiger charge is -2.40. The van der Waals surface area contributed by atoms with E-state index in [0.717, 1.165) is 12.8 Å². The van der Waals surface area contributed by atoms with Crippen LogP contribution in [0.3, 0.4) is 0 Å². The largest absolute Gasteiger partial charge is 0.465 e. The van der Waals surface area contributed by atoms with Crippen LogP contribution in [0.5, 0.6) is 0 Å². The smallest absolute Gasteiger partial charge is 0.337 e. The zero-order valence-corrected chi connectivity index (χ0v) is 27.5. The van der Waals surface area contributed by atoms with E-state index in [0.29, 0.717) is 29.6 Å². The number of carbonyl (C=O) groups is 3. The Morgan fingerprint density at radius 3 is 2.51 bits per heavy atom. The third kappa shape index (κ3) is 5.74. The minimum atomic E-state index is -1.45. The molecule has 0 aromatic heterocycles. The summed E-state index contributed by atoms with van der Waals surface area (Å²) >= 11 is 12.5. The van der Waals surface area contributed by atoms with Crippen molar-refractivity contribution in [2.75, 3.05) is 30.4 Å². The van der Waals surface area contributed by atoms with Crippen molar-refractivity contribution in [3.63, 3.8) is 0 Å². The van der Waals surface area contributed by atoms with E-state index in [1.165, 1.54) is 43.2 Å². The van der Waals surface area contributed by atoms with E-state index in [1.54, 1.807) is 37.3 Å². The van der Waals surface area contributed by atoms with Gasteiger partial charge in [-0.3, -0.25) is 24.6 Å². The first-order valence-electron chi connectivity index (χ1n) is 15.3. The fourth-order valence-corrected chi connectivity index (χ4v) is 7.79. The zero-order valence-electron chi connectivity index (χ0n) is 26.0. The molecule has 0 bridgehead atoms. The number of nitro benzene ring substituents is 1. The van der Waals surface area contributed by atoms with Gasteiger partial charge in [0.1, 0.15) is 17.0 Å². The number of methoxy groups -OCH3 is 1. The number of nitrogens with one attached hydrogen (secondary N) is 1. The van der Waals surface area contributed by atoms with Crippen LogP contribution in [-0.4, -0.2) is 59.4 Å². The van der Waals surface area contributed by atoms with Crippen molar-refractivity contribution in [1.82, 2.24) is 4.90 Å². The van der Waals surface area contributed by atoms with Crippen molar-refractivity contribution in [2.45, 2.75) is 50.6 Å². The maximum absolute atomic E-state index is 16.1. The van der Waals surface area contributed by atoms with Crippen LogP contribution in [0.25, 0.3) is 0 Å². The number of piperidine rings is 1. The number of anilines is 2. The number of fused-ring (bicyclic) bond motifs is 1. The second-order valence-corrected chi connectivity index (χ2v) is 13.5. The second kappa shape index (κ2) is 12.5. The molecule has 13 heteroatoms. The van der Waals surface area contributed by atoms with Gasteiger partial charge in [-0.1, -0.05) is 41.4 Å². The van der Waals surface area contributed by atoms with Gasteiger partial charge in [-0.05, 0) is 81.0 Å². The number of ether oxygens (including phenoxy) is 1. The van der Waals surface area contributed by atoms with Crippen LogP contribution in [0.4, 0.5) is 21.5 Å². The quantitative estimate of drug-likeness (QED) is 0.158. The molecule has 10 nitrogen and oxygen atoms in total. The molecule has 2 aliphatic heterocycles. The van der Waals surface area contributed by atoms with Crippen LogP contribution in [0.1, 0.15) is 53.6 Å². The maximum Gasteiger partial charge on any atom is 0.337 e. The molecule has 1 aliphatic carbocycles. The highest BCUT2D eigenvalue weighted by Gasteiger charge is 2.65. The molecule has 3 fully saturated rings. The first-order valence-corrected chi connectivity index (χ1v) is 16.1. The average Bonchev–Trinajstić information content (AvgIpc) is 3.81. The van der Waals surface area contributed by atoms with Gasteiger partial charge in [-0.15, -0.1) is 0 Å². The summed E-state index contributed by atoms with van der Waals surface area (Å²) in [5.41, 5.74) is -1.09. The van der Waals surface area contributed by atoms with Gasteiger partial charge in [0.15, 0.2) is 0 Å². The SMILES string of the molecule is COC(=O)c1cc(C)c([N+](=O)[O-])c(N2CC[C@H]3[C@@H](C2=O)[C@H](c2cccc(Cl)c2F)[C@](C)(C(=O)Nc2cccc(Cl)c2)N3CC2CC2)c1. The molecule has 2 saturated heterocycles. The Balaban J connectivity index is 1.52. The van der Waals surface area contributed by atoms with Crippen molar-refractivity contribution in [3.05, 3.63) is 97.3 Å². The average molecular weight is 684 g/mol. The molecular formula is C34H33Cl2FN4O6. The predicted molar refractivity (Wildman–Crippen MR) is 175 cm³/mol. The number of nitrogens with zero attached hydrogens (tertiary/aromatic N) is 3. The van der Waals surface area contributed by atoms with Gasteiger partial charge in [0.2, 0.25) is 11.8 Å². The third-order valence-corrected chi connectivity index (χ3v) is 10.3. The number of hydrogen-bond acceptors (Lipinski definition) is 7. The number of hydrogen-bond donors (Lipinski definition) is 1. The van der Waals surface area contributed by atoms with Crippen LogP contribution < -0.4 is 10.2 Å². The van der Waals surface area contributed by atoms with E-state index in [4.69, 9.17) is 27.9 Å². The maximum atomic E-state index is 16.1. The van der Waals surface area contributed by atoms with Gasteiger partial charge >= 0.3 is 5.97 Å². The van der Waals surface area contributed by atoms with Crippen molar-refractivity contribution in [2.24, 2.45) is 11.8 Å². The third-order valence-electron chi connectivity index (χ3n) is 9.76. The summed E-state index contributed by atoms with van der Waals surface area (Å²) in [5, 5.41) is 15.5. The molecule has 3 aliphatic rings. The number of esters is 1. The zero-order chi connectivity index (χ0) is 33.8. The number of carbonyl (C=O) groups excluding carboxylic acids is 3. The number of benzene rings is 3. The molecule has 1 saturated carbocycles. The van der Waals surface area contributed by atoms with Gasteiger partial charge in [-0.25, -0.2) is 9.18 Å². The van der Waals surface area contributed by atoms with Crippen LogP contribution >= 0.6 is 23.2 Å². The van der Waals surface area contributed by atoms with E-state index in [9.17, 15) is 24.5 Å². The Hall–Kier alpha value is -4.06. The normalized spacial score (nSPS) is 24.2. The number of likely N-dealkylation sites (tertiary alicyclic amines) is 1. The van der Waals surface area contributed by atoms with Crippen LogP contribution in [0.2, 0.25) is 10.0 Å². The minimum absolute atomic E-state index is 0.0467. The Kier molecular flexibility index (Phi) is 8.75. The number of halogens is 3. The summed E-state index contributed by atoms with van der Waals surface area (Å²) in [4.78, 5) is 57.0. The molecule has 3 aromatic rings. The van der Waals surface area contributed by atoms with E-state index in [-0.39, 0.29) is 39.6 Å². The molecule has 1 N–H and O–H groups in total. The number of nitro groups is 1. The van der Waals surface area contributed by atoms with Gasteiger partial charge in [0.25, 0.3) is 5.69 Å². The van der Waals surface area contributed by atoms with Gasteiger partial charge in [0.05, 0.1) is 28.5 Å². The van der Waals surface area contributed by atoms with Gasteiger partial charge < -0.3 is 15.0 Å². The minimum Gasteiger partial charge on any atom is -0.465 e. The van der Waals surface area contributed by atoms with Crippen LogP contribution in [0, 0.1) is 34.7 Å². The summed E-state index contributed by atoms with van der Waals surface area (Å²) < 4.78 is 21.0. The molecule has 2 amide bonds. The van der Waals surface area contributed by atoms with Crippen molar-refractivity contribution >= 4 is 58.0 Å². The predicted octanol–water partition coefficient (Wildman–Crippen LogP) is 6.76. The highest BCUT2D eigenvalue weighted by atomic mass is 35.5. The fraction of sp³-hybridized carbons (Fsp3) is 0.382. The van der Waals surface area contributed by atoms with E-state index in [2.05, 4.69) is 5.32 Å². The summed E-state index contributed by atoms with van der Waals surface area (Å²) in [6, 6.07) is 13.3. The molecule has 246 valence electrons. The molecular weight excluding hydrogens is 650 g/mol. The van der Waals surface area contributed by atoms with E-state index < -0.39 is 51.9 Å². The summed E-state index contributed by atoms with van der Waals surface area (Å²) in [7, 11) is 1.20. The fourth-order valence-electron chi connectivity index (χ4n) is 7.42. The Labute approximate surface area is 280 Å². The topological polar surface area (TPSA) is 122 Å². The van der Waals surface area contributed by atoms with Crippen molar-refractivity contribution < 1.29 is 28.4 Å². The molecule has 3 aromatic carbocycles.